The molecule has 0 atom stereocenters. The summed E-state index contributed by atoms with van der Waals surface area (Å²) in [6, 6.07) is 4.36. The van der Waals surface area contributed by atoms with E-state index in [9.17, 15) is 9.59 Å². The number of aromatic nitrogens is 1. The molecule has 0 aliphatic heterocycles. The van der Waals surface area contributed by atoms with Gasteiger partial charge in [0.1, 0.15) is 5.58 Å². The van der Waals surface area contributed by atoms with Crippen molar-refractivity contribution in [3.8, 4) is 0 Å². The van der Waals surface area contributed by atoms with Crippen molar-refractivity contribution in [2.45, 2.75) is 0 Å². The third kappa shape index (κ3) is 1.18. The molecule has 0 spiro atoms. The molecule has 0 saturated carbocycles. The predicted octanol–water partition coefficient (Wildman–Crippen LogP) is 0.322. The fourth-order valence-electron chi connectivity index (χ4n) is 1.11. The zero-order valence-electron chi connectivity index (χ0n) is 6.86. The summed E-state index contributed by atoms with van der Waals surface area (Å²) in [4.78, 5) is 22.4. The Morgan fingerprint density at radius 1 is 1.36 bits per heavy atom. The van der Waals surface area contributed by atoms with Crippen molar-refractivity contribution in [1.29, 1.82) is 0 Å². The van der Waals surface area contributed by atoms with Crippen LogP contribution < -0.4 is 17.2 Å². The molecule has 2 N–H and O–H groups in total. The Balaban J connectivity index is 3.07. The Morgan fingerprint density at radius 2 is 2.07 bits per heavy atom. The molecule has 0 aliphatic carbocycles. The van der Waals surface area contributed by atoms with Crippen molar-refractivity contribution in [1.82, 2.24) is 4.68 Å². The monoisotopic (exact) mass is 212 g/mol. The highest BCUT2D eigenvalue weighted by Crippen LogP contribution is 2.14. The van der Waals surface area contributed by atoms with Crippen LogP contribution in [0.2, 0.25) is 5.02 Å². The zero-order valence-corrected chi connectivity index (χ0v) is 7.62. The summed E-state index contributed by atoms with van der Waals surface area (Å²) in [6.45, 7) is 0. The van der Waals surface area contributed by atoms with Crippen molar-refractivity contribution >= 4 is 22.6 Å². The minimum absolute atomic E-state index is 0.172. The van der Waals surface area contributed by atoms with Crippen molar-refractivity contribution in [2.75, 3.05) is 5.84 Å². The predicted molar refractivity (Wildman–Crippen MR) is 51.9 cm³/mol. The van der Waals surface area contributed by atoms with Gasteiger partial charge in [0.2, 0.25) is 0 Å². The second-order valence-electron chi connectivity index (χ2n) is 2.68. The van der Waals surface area contributed by atoms with Crippen molar-refractivity contribution in [2.24, 2.45) is 0 Å². The normalized spacial score (nSPS) is 10.6. The van der Waals surface area contributed by atoms with Gasteiger partial charge in [-0.05, 0) is 18.2 Å². The van der Waals surface area contributed by atoms with Crippen LogP contribution in [0.3, 0.4) is 0 Å². The van der Waals surface area contributed by atoms with Crippen LogP contribution in [0, 0.1) is 0 Å². The molecular formula is C8H5ClN2O3. The van der Waals surface area contributed by atoms with E-state index in [1.54, 1.807) is 0 Å². The molecule has 1 heterocycles. The minimum atomic E-state index is -0.898. The van der Waals surface area contributed by atoms with E-state index >= 15 is 0 Å². The first-order valence-corrected chi connectivity index (χ1v) is 4.08. The third-order valence-corrected chi connectivity index (χ3v) is 2.02. The van der Waals surface area contributed by atoms with Gasteiger partial charge in [0, 0.05) is 5.02 Å². The molecule has 2 rings (SSSR count). The Labute approximate surface area is 82.3 Å². The number of hydrogen-bond donors (Lipinski definition) is 1. The first-order chi connectivity index (χ1) is 6.59. The van der Waals surface area contributed by atoms with Gasteiger partial charge < -0.3 is 10.3 Å². The van der Waals surface area contributed by atoms with Gasteiger partial charge in [-0.15, -0.1) is 0 Å². The molecule has 0 aliphatic rings. The summed E-state index contributed by atoms with van der Waals surface area (Å²) in [5, 5.41) is 0.558. The van der Waals surface area contributed by atoms with Crippen molar-refractivity contribution in [3.05, 3.63) is 44.1 Å². The van der Waals surface area contributed by atoms with Gasteiger partial charge in [0.25, 0.3) is 5.56 Å². The topological polar surface area (TPSA) is 78.2 Å². The Hall–Kier alpha value is -1.75. The van der Waals surface area contributed by atoms with Crippen molar-refractivity contribution in [3.63, 3.8) is 0 Å². The molecule has 72 valence electrons. The standard InChI is InChI=1S/C8H5ClN2O3/c9-4-1-2-6-5(3-4)7(12)11(10)8(13)14-6/h1-3H,10H2. The fourth-order valence-corrected chi connectivity index (χ4v) is 1.29. The lowest BCUT2D eigenvalue weighted by Gasteiger charge is -1.98. The highest BCUT2D eigenvalue weighted by atomic mass is 35.5. The van der Waals surface area contributed by atoms with E-state index in [2.05, 4.69) is 0 Å². The average Bonchev–Trinajstić information content (AvgIpc) is 2.16. The van der Waals surface area contributed by atoms with E-state index in [4.69, 9.17) is 21.9 Å². The van der Waals surface area contributed by atoms with Crippen molar-refractivity contribution < 1.29 is 4.42 Å². The second-order valence-corrected chi connectivity index (χ2v) is 3.12. The molecule has 0 radical (unpaired) electrons. The van der Waals surface area contributed by atoms with E-state index in [-0.39, 0.29) is 11.0 Å². The van der Waals surface area contributed by atoms with Gasteiger partial charge >= 0.3 is 5.76 Å². The van der Waals surface area contributed by atoms with E-state index < -0.39 is 11.3 Å². The first kappa shape index (κ1) is 8.83. The maximum atomic E-state index is 11.4. The van der Waals surface area contributed by atoms with Gasteiger partial charge in [-0.25, -0.2) is 4.79 Å². The van der Waals surface area contributed by atoms with Gasteiger partial charge in [-0.3, -0.25) is 4.79 Å². The maximum absolute atomic E-state index is 11.4. The fraction of sp³-hybridized carbons (Fsp3) is 0. The molecular weight excluding hydrogens is 208 g/mol. The quantitative estimate of drug-likeness (QED) is 0.638. The summed E-state index contributed by atoms with van der Waals surface area (Å²) in [6.07, 6.45) is 0. The van der Waals surface area contributed by atoms with E-state index in [0.29, 0.717) is 9.70 Å². The molecule has 0 bridgehead atoms. The van der Waals surface area contributed by atoms with Crippen LogP contribution in [-0.2, 0) is 0 Å². The van der Waals surface area contributed by atoms with Gasteiger partial charge in [0.05, 0.1) is 5.39 Å². The zero-order chi connectivity index (χ0) is 10.3. The first-order valence-electron chi connectivity index (χ1n) is 3.70. The molecule has 0 saturated heterocycles. The van der Waals surface area contributed by atoms with Crippen LogP contribution >= 0.6 is 11.6 Å². The van der Waals surface area contributed by atoms with Crippen LogP contribution in [0.4, 0.5) is 0 Å². The molecule has 6 heteroatoms. The van der Waals surface area contributed by atoms with Gasteiger partial charge in [0.15, 0.2) is 0 Å². The Kier molecular flexibility index (Phi) is 1.82. The third-order valence-electron chi connectivity index (χ3n) is 1.78. The molecule has 5 nitrogen and oxygen atoms in total. The molecule has 2 aromatic rings. The van der Waals surface area contributed by atoms with Crippen LogP contribution in [0.15, 0.2) is 32.2 Å². The number of benzene rings is 1. The largest absolute Gasteiger partial charge is 0.441 e. The second kappa shape index (κ2) is 2.88. The highest BCUT2D eigenvalue weighted by Gasteiger charge is 2.06. The van der Waals surface area contributed by atoms with E-state index in [1.807, 2.05) is 0 Å². The molecule has 0 unspecified atom stereocenters. The average molecular weight is 213 g/mol. The smallest absolute Gasteiger partial charge is 0.408 e. The summed E-state index contributed by atoms with van der Waals surface area (Å²) in [5.74, 6) is 4.25. The van der Waals surface area contributed by atoms with Crippen LogP contribution in [0.25, 0.3) is 11.0 Å². The van der Waals surface area contributed by atoms with Crippen LogP contribution in [0.1, 0.15) is 0 Å². The summed E-state index contributed by atoms with van der Waals surface area (Å²) >= 11 is 5.67. The highest BCUT2D eigenvalue weighted by molar-refractivity contribution is 6.31. The minimum Gasteiger partial charge on any atom is -0.408 e. The number of nitrogen functional groups attached to an aromatic ring is 1. The summed E-state index contributed by atoms with van der Waals surface area (Å²) < 4.78 is 5.15. The summed E-state index contributed by atoms with van der Waals surface area (Å²) in [5.41, 5.74) is -0.454. The van der Waals surface area contributed by atoms with E-state index in [0.717, 1.165) is 0 Å². The van der Waals surface area contributed by atoms with Crippen LogP contribution in [0.5, 0.6) is 0 Å². The lowest BCUT2D eigenvalue weighted by molar-refractivity contribution is 0.495. The Morgan fingerprint density at radius 3 is 2.79 bits per heavy atom. The SMILES string of the molecule is Nn1c(=O)oc2ccc(Cl)cc2c1=O. The molecule has 0 amide bonds. The molecule has 1 aromatic heterocycles. The number of halogens is 1. The lowest BCUT2D eigenvalue weighted by Crippen LogP contribution is -2.38. The Bertz CT molecular complexity index is 614. The lowest BCUT2D eigenvalue weighted by atomic mass is 10.2. The van der Waals surface area contributed by atoms with E-state index in [1.165, 1.54) is 18.2 Å². The van der Waals surface area contributed by atoms with Gasteiger partial charge in [-0.1, -0.05) is 11.6 Å². The molecule has 0 fully saturated rings. The number of rotatable bonds is 0. The maximum Gasteiger partial charge on any atom is 0.441 e. The molecule has 14 heavy (non-hydrogen) atoms. The summed E-state index contributed by atoms with van der Waals surface area (Å²) in [7, 11) is 0. The van der Waals surface area contributed by atoms with Gasteiger partial charge in [-0.2, -0.15) is 4.68 Å². The number of nitrogens with zero attached hydrogens (tertiary/aromatic N) is 1. The molecule has 1 aromatic carbocycles. The number of fused-ring (bicyclic) bond motifs is 1. The number of hydrogen-bond acceptors (Lipinski definition) is 4. The number of nitrogens with two attached hydrogens (primary N) is 1. The van der Waals surface area contributed by atoms with Crippen LogP contribution in [-0.4, -0.2) is 4.68 Å².